The summed E-state index contributed by atoms with van der Waals surface area (Å²) in [5.74, 6) is 0.371. The van der Waals surface area contributed by atoms with Gasteiger partial charge in [0.25, 0.3) is 0 Å². The molecule has 1 fully saturated rings. The van der Waals surface area contributed by atoms with Crippen LogP contribution in [-0.2, 0) is 9.84 Å². The number of sulfone groups is 1. The van der Waals surface area contributed by atoms with E-state index in [0.717, 1.165) is 0 Å². The second kappa shape index (κ2) is 5.37. The van der Waals surface area contributed by atoms with Gasteiger partial charge in [-0.05, 0) is 37.0 Å². The van der Waals surface area contributed by atoms with E-state index in [4.69, 9.17) is 23.2 Å². The van der Waals surface area contributed by atoms with Crippen molar-refractivity contribution in [3.05, 3.63) is 33.8 Å². The van der Waals surface area contributed by atoms with Crippen molar-refractivity contribution in [3.63, 3.8) is 0 Å². The molecule has 1 heterocycles. The van der Waals surface area contributed by atoms with Crippen LogP contribution < -0.4 is 0 Å². The lowest BCUT2D eigenvalue weighted by molar-refractivity contribution is 0.149. The minimum atomic E-state index is -2.91. The van der Waals surface area contributed by atoms with Gasteiger partial charge in [0.1, 0.15) is 0 Å². The Morgan fingerprint density at radius 1 is 1.39 bits per heavy atom. The largest absolute Gasteiger partial charge is 0.388 e. The van der Waals surface area contributed by atoms with Crippen molar-refractivity contribution in [3.8, 4) is 0 Å². The van der Waals surface area contributed by atoms with Gasteiger partial charge in [-0.2, -0.15) is 0 Å². The number of benzene rings is 1. The second-order valence-corrected chi connectivity index (χ2v) is 7.76. The molecule has 0 spiro atoms. The first-order valence-electron chi connectivity index (χ1n) is 5.71. The zero-order chi connectivity index (χ0) is 13.3. The van der Waals surface area contributed by atoms with Gasteiger partial charge in [0.2, 0.25) is 0 Å². The van der Waals surface area contributed by atoms with Crippen molar-refractivity contribution < 1.29 is 13.5 Å². The third kappa shape index (κ3) is 3.38. The molecular formula is C12H14Cl2O3S. The Morgan fingerprint density at radius 3 is 2.72 bits per heavy atom. The van der Waals surface area contributed by atoms with E-state index in [0.29, 0.717) is 28.5 Å². The lowest BCUT2D eigenvalue weighted by Crippen LogP contribution is -2.10. The summed E-state index contributed by atoms with van der Waals surface area (Å²) in [5, 5.41) is 11.1. The van der Waals surface area contributed by atoms with E-state index >= 15 is 0 Å². The van der Waals surface area contributed by atoms with Gasteiger partial charge in [-0.15, -0.1) is 0 Å². The zero-order valence-electron chi connectivity index (χ0n) is 9.64. The Kier molecular flexibility index (Phi) is 4.22. The Balaban J connectivity index is 2.08. The molecule has 0 saturated carbocycles. The fourth-order valence-corrected chi connectivity index (χ4v) is 4.57. The average molecular weight is 309 g/mol. The molecule has 1 aromatic rings. The molecule has 100 valence electrons. The van der Waals surface area contributed by atoms with E-state index in [1.165, 1.54) is 0 Å². The highest BCUT2D eigenvalue weighted by atomic mass is 35.5. The molecule has 0 radical (unpaired) electrons. The molecule has 1 aromatic carbocycles. The Labute approximate surface area is 117 Å². The van der Waals surface area contributed by atoms with Crippen LogP contribution in [0.15, 0.2) is 18.2 Å². The highest BCUT2D eigenvalue weighted by Crippen LogP contribution is 2.33. The first-order chi connectivity index (χ1) is 8.37. The van der Waals surface area contributed by atoms with Crippen molar-refractivity contribution in [2.24, 2.45) is 5.92 Å². The summed E-state index contributed by atoms with van der Waals surface area (Å²) in [5.41, 5.74) is 0.563. The Bertz CT molecular complexity index is 542. The standard InChI is InChI=1S/C12H14Cl2O3S/c13-9-1-2-11(14)10(6-9)12(15)5-8-3-4-18(16,17)7-8/h1-2,6,8,12,15H,3-5,7H2. The van der Waals surface area contributed by atoms with E-state index < -0.39 is 15.9 Å². The van der Waals surface area contributed by atoms with Crippen molar-refractivity contribution >= 4 is 33.0 Å². The topological polar surface area (TPSA) is 54.4 Å². The maximum Gasteiger partial charge on any atom is 0.150 e. The summed E-state index contributed by atoms with van der Waals surface area (Å²) >= 11 is 11.9. The lowest BCUT2D eigenvalue weighted by atomic mass is 9.96. The lowest BCUT2D eigenvalue weighted by Gasteiger charge is -2.16. The fourth-order valence-electron chi connectivity index (χ4n) is 2.27. The minimum Gasteiger partial charge on any atom is -0.388 e. The highest BCUT2D eigenvalue weighted by molar-refractivity contribution is 7.91. The van der Waals surface area contributed by atoms with Crippen LogP contribution in [0.3, 0.4) is 0 Å². The molecule has 0 bridgehead atoms. The van der Waals surface area contributed by atoms with E-state index in [2.05, 4.69) is 0 Å². The van der Waals surface area contributed by atoms with Crippen LogP contribution in [0.4, 0.5) is 0 Å². The average Bonchev–Trinajstić information content (AvgIpc) is 2.61. The molecular weight excluding hydrogens is 295 g/mol. The SMILES string of the molecule is O=S1(=O)CCC(CC(O)c2cc(Cl)ccc2Cl)C1. The van der Waals surface area contributed by atoms with Gasteiger partial charge in [-0.3, -0.25) is 0 Å². The molecule has 3 nitrogen and oxygen atoms in total. The van der Waals surface area contributed by atoms with E-state index in [-0.39, 0.29) is 17.4 Å². The number of hydrogen-bond donors (Lipinski definition) is 1. The van der Waals surface area contributed by atoms with Crippen LogP contribution >= 0.6 is 23.2 Å². The first kappa shape index (κ1) is 14.1. The van der Waals surface area contributed by atoms with Gasteiger partial charge in [-0.1, -0.05) is 23.2 Å². The molecule has 1 saturated heterocycles. The molecule has 2 rings (SSSR count). The summed E-state index contributed by atoms with van der Waals surface area (Å²) in [6, 6.07) is 4.91. The van der Waals surface area contributed by atoms with Gasteiger partial charge in [0.05, 0.1) is 17.6 Å². The van der Waals surface area contributed by atoms with Gasteiger partial charge in [0, 0.05) is 15.6 Å². The van der Waals surface area contributed by atoms with Gasteiger partial charge < -0.3 is 5.11 Å². The number of aliphatic hydroxyl groups excluding tert-OH is 1. The third-order valence-corrected chi connectivity index (χ3v) is 5.62. The Hall–Kier alpha value is -0.290. The summed E-state index contributed by atoms with van der Waals surface area (Å²) in [6.45, 7) is 0. The van der Waals surface area contributed by atoms with Crippen molar-refractivity contribution in [1.29, 1.82) is 0 Å². The van der Waals surface area contributed by atoms with Gasteiger partial charge in [-0.25, -0.2) is 8.42 Å². The number of rotatable bonds is 3. The molecule has 0 aliphatic carbocycles. The molecule has 1 aliphatic heterocycles. The monoisotopic (exact) mass is 308 g/mol. The summed E-state index contributed by atoms with van der Waals surface area (Å²) < 4.78 is 22.7. The van der Waals surface area contributed by atoms with Crippen molar-refractivity contribution in [2.75, 3.05) is 11.5 Å². The van der Waals surface area contributed by atoms with Crippen LogP contribution in [0.2, 0.25) is 10.0 Å². The molecule has 0 aromatic heterocycles. The van der Waals surface area contributed by atoms with Gasteiger partial charge >= 0.3 is 0 Å². The second-order valence-electron chi connectivity index (χ2n) is 4.69. The van der Waals surface area contributed by atoms with E-state index in [1.807, 2.05) is 0 Å². The van der Waals surface area contributed by atoms with Crippen LogP contribution in [0.1, 0.15) is 24.5 Å². The highest BCUT2D eigenvalue weighted by Gasteiger charge is 2.30. The van der Waals surface area contributed by atoms with E-state index in [9.17, 15) is 13.5 Å². The maximum atomic E-state index is 11.4. The predicted molar refractivity (Wildman–Crippen MR) is 72.8 cm³/mol. The summed E-state index contributed by atoms with van der Waals surface area (Å²) in [6.07, 6.45) is 0.242. The van der Waals surface area contributed by atoms with Crippen molar-refractivity contribution in [2.45, 2.75) is 18.9 Å². The quantitative estimate of drug-likeness (QED) is 0.934. The van der Waals surface area contributed by atoms with Crippen LogP contribution in [0, 0.1) is 5.92 Å². The maximum absolute atomic E-state index is 11.4. The number of halogens is 2. The van der Waals surface area contributed by atoms with E-state index in [1.54, 1.807) is 18.2 Å². The molecule has 18 heavy (non-hydrogen) atoms. The van der Waals surface area contributed by atoms with Crippen LogP contribution in [0.5, 0.6) is 0 Å². The molecule has 1 aliphatic rings. The molecule has 2 atom stereocenters. The molecule has 0 amide bonds. The number of hydrogen-bond acceptors (Lipinski definition) is 3. The number of aliphatic hydroxyl groups is 1. The minimum absolute atomic E-state index is 0.0000447. The third-order valence-electron chi connectivity index (χ3n) is 3.20. The first-order valence-corrected chi connectivity index (χ1v) is 8.28. The van der Waals surface area contributed by atoms with Gasteiger partial charge in [0.15, 0.2) is 9.84 Å². The van der Waals surface area contributed by atoms with Crippen LogP contribution in [0.25, 0.3) is 0 Å². The smallest absolute Gasteiger partial charge is 0.150 e. The Morgan fingerprint density at radius 2 is 2.11 bits per heavy atom. The summed E-state index contributed by atoms with van der Waals surface area (Å²) in [4.78, 5) is 0. The zero-order valence-corrected chi connectivity index (χ0v) is 12.0. The fraction of sp³-hybridized carbons (Fsp3) is 0.500. The molecule has 6 heteroatoms. The predicted octanol–water partition coefficient (Wildman–Crippen LogP) is 2.85. The molecule has 2 unspecified atom stereocenters. The van der Waals surface area contributed by atoms with Crippen LogP contribution in [-0.4, -0.2) is 25.0 Å². The van der Waals surface area contributed by atoms with Crippen molar-refractivity contribution in [1.82, 2.24) is 0 Å². The normalized spacial score (nSPS) is 24.1. The summed E-state index contributed by atoms with van der Waals surface area (Å²) in [7, 11) is -2.91. The molecule has 1 N–H and O–H groups in total.